The van der Waals surface area contributed by atoms with Gasteiger partial charge in [0.1, 0.15) is 17.2 Å². The zero-order chi connectivity index (χ0) is 28.5. The number of anilines is 1. The van der Waals surface area contributed by atoms with Gasteiger partial charge >= 0.3 is 0 Å². The van der Waals surface area contributed by atoms with Gasteiger partial charge in [0.05, 0.1) is 43.1 Å². The van der Waals surface area contributed by atoms with E-state index in [4.69, 9.17) is 9.47 Å². The molecule has 1 saturated carbocycles. The molecule has 208 valence electrons. The van der Waals surface area contributed by atoms with Crippen molar-refractivity contribution in [2.45, 2.75) is 32.6 Å². The normalized spacial score (nSPS) is 31.1. The van der Waals surface area contributed by atoms with Gasteiger partial charge in [-0.1, -0.05) is 29.8 Å². The summed E-state index contributed by atoms with van der Waals surface area (Å²) in [6, 6.07) is 11.8. The standard InChI is InChI=1S/C31H32N2O7/c1-5-32-27(35)19-12-11-18-20(24(19)29(32)37)15-21-28(36)33(16-9-7-6-8-10-16)30(38)31(21,2)26(18)25-22(39-3)13-17(34)14-23(25)40-4/h6-11,13-14,19-21,24,26,34H,5,12,15H2,1-4H3. The van der Waals surface area contributed by atoms with Gasteiger partial charge in [-0.05, 0) is 44.7 Å². The second kappa shape index (κ2) is 9.21. The summed E-state index contributed by atoms with van der Waals surface area (Å²) in [6.07, 6.45) is 2.62. The van der Waals surface area contributed by atoms with Gasteiger partial charge in [0.15, 0.2) is 0 Å². The SMILES string of the molecule is CCN1C(=O)C2CC=C3C(CC4C(=O)N(c5ccccc5)C(=O)C4(C)C3c3c(OC)cc(O)cc3OC)C2C1=O. The first-order valence-corrected chi connectivity index (χ1v) is 13.6. The number of carbonyl (C=O) groups excluding carboxylic acids is 4. The summed E-state index contributed by atoms with van der Waals surface area (Å²) in [5, 5.41) is 10.4. The Bertz CT molecular complexity index is 1440. The summed E-state index contributed by atoms with van der Waals surface area (Å²) < 4.78 is 11.4. The van der Waals surface area contributed by atoms with Gasteiger partial charge < -0.3 is 14.6 Å². The number of hydrogen-bond donors (Lipinski definition) is 1. The predicted molar refractivity (Wildman–Crippen MR) is 145 cm³/mol. The van der Waals surface area contributed by atoms with Crippen LogP contribution in [-0.2, 0) is 19.2 Å². The molecule has 9 heteroatoms. The largest absolute Gasteiger partial charge is 0.508 e. The number of phenols is 1. The van der Waals surface area contributed by atoms with E-state index in [1.165, 1.54) is 36.2 Å². The lowest BCUT2D eigenvalue weighted by Gasteiger charge is -2.49. The molecule has 9 nitrogen and oxygen atoms in total. The highest BCUT2D eigenvalue weighted by molar-refractivity contribution is 6.24. The monoisotopic (exact) mass is 544 g/mol. The first-order valence-electron chi connectivity index (χ1n) is 13.6. The zero-order valence-electron chi connectivity index (χ0n) is 22.9. The fraction of sp³-hybridized carbons (Fsp3) is 0.419. The summed E-state index contributed by atoms with van der Waals surface area (Å²) in [5.74, 6) is -3.51. The van der Waals surface area contributed by atoms with Crippen LogP contribution in [0.1, 0.15) is 38.2 Å². The summed E-state index contributed by atoms with van der Waals surface area (Å²) in [5.41, 5.74) is 0.605. The number of likely N-dealkylation sites (tertiary alicyclic amines) is 1. The number of hydrogen-bond acceptors (Lipinski definition) is 7. The third-order valence-corrected chi connectivity index (χ3v) is 9.51. The Labute approximate surface area is 232 Å². The summed E-state index contributed by atoms with van der Waals surface area (Å²) in [6.45, 7) is 3.88. The van der Waals surface area contributed by atoms with Crippen LogP contribution in [0.5, 0.6) is 17.2 Å². The Kier molecular flexibility index (Phi) is 6.01. The van der Waals surface area contributed by atoms with E-state index >= 15 is 0 Å². The van der Waals surface area contributed by atoms with Crippen molar-refractivity contribution in [3.05, 3.63) is 59.7 Å². The van der Waals surface area contributed by atoms with E-state index < -0.39 is 35.0 Å². The molecule has 0 bridgehead atoms. The number of fused-ring (bicyclic) bond motifs is 4. The first-order chi connectivity index (χ1) is 19.2. The molecule has 2 aliphatic carbocycles. The fourth-order valence-corrected chi connectivity index (χ4v) is 7.73. The number of aromatic hydroxyl groups is 1. The maximum Gasteiger partial charge on any atom is 0.241 e. The van der Waals surface area contributed by atoms with Crippen molar-refractivity contribution < 1.29 is 33.8 Å². The van der Waals surface area contributed by atoms with Crippen LogP contribution in [0.25, 0.3) is 0 Å². The molecule has 2 aliphatic heterocycles. The van der Waals surface area contributed by atoms with Gasteiger partial charge in [-0.3, -0.25) is 24.1 Å². The van der Waals surface area contributed by atoms with Gasteiger partial charge in [0, 0.05) is 30.2 Å². The molecule has 6 rings (SSSR count). The third kappa shape index (κ3) is 3.33. The van der Waals surface area contributed by atoms with Crippen LogP contribution < -0.4 is 14.4 Å². The van der Waals surface area contributed by atoms with E-state index in [0.717, 1.165) is 5.57 Å². The topological polar surface area (TPSA) is 113 Å². The van der Waals surface area contributed by atoms with Gasteiger partial charge in [0.2, 0.25) is 23.6 Å². The number of benzene rings is 2. The predicted octanol–water partition coefficient (Wildman–Crippen LogP) is 3.66. The summed E-state index contributed by atoms with van der Waals surface area (Å²) >= 11 is 0. The quantitative estimate of drug-likeness (QED) is 0.452. The third-order valence-electron chi connectivity index (χ3n) is 9.51. The van der Waals surface area contributed by atoms with Crippen molar-refractivity contribution in [2.24, 2.45) is 29.1 Å². The number of nitrogens with zero attached hydrogens (tertiary/aromatic N) is 2. The molecule has 3 fully saturated rings. The minimum Gasteiger partial charge on any atom is -0.508 e. The number of ether oxygens (including phenoxy) is 2. The van der Waals surface area contributed by atoms with Gasteiger partial charge in [-0.2, -0.15) is 0 Å². The van der Waals surface area contributed by atoms with Crippen LogP contribution in [0.4, 0.5) is 5.69 Å². The number of imide groups is 2. The molecule has 2 heterocycles. The van der Waals surface area contributed by atoms with E-state index in [1.807, 2.05) is 12.1 Å². The fourth-order valence-electron chi connectivity index (χ4n) is 7.73. The van der Waals surface area contributed by atoms with Crippen molar-refractivity contribution in [3.8, 4) is 17.2 Å². The lowest BCUT2D eigenvalue weighted by molar-refractivity contribution is -0.140. The minimum absolute atomic E-state index is 0.0703. The maximum atomic E-state index is 14.5. The lowest BCUT2D eigenvalue weighted by Crippen LogP contribution is -2.49. The molecular weight excluding hydrogens is 512 g/mol. The van der Waals surface area contributed by atoms with Gasteiger partial charge in [0.25, 0.3) is 0 Å². The molecular formula is C31H32N2O7. The van der Waals surface area contributed by atoms with Gasteiger partial charge in [-0.25, -0.2) is 4.90 Å². The number of para-hydroxylation sites is 1. The van der Waals surface area contributed by atoms with Crippen LogP contribution in [0, 0.1) is 29.1 Å². The number of rotatable bonds is 5. The second-order valence-corrected chi connectivity index (χ2v) is 11.2. The number of amides is 4. The van der Waals surface area contributed by atoms with E-state index in [1.54, 1.807) is 38.1 Å². The van der Waals surface area contributed by atoms with E-state index in [-0.39, 0.29) is 42.3 Å². The smallest absolute Gasteiger partial charge is 0.241 e. The highest BCUT2D eigenvalue weighted by Gasteiger charge is 2.68. The maximum absolute atomic E-state index is 14.5. The Morgan fingerprint density at radius 2 is 1.60 bits per heavy atom. The minimum atomic E-state index is -1.24. The Balaban J connectivity index is 1.60. The molecule has 0 aromatic heterocycles. The van der Waals surface area contributed by atoms with Crippen LogP contribution in [0.15, 0.2) is 54.1 Å². The molecule has 0 spiro atoms. The van der Waals surface area contributed by atoms with Crippen LogP contribution in [0.2, 0.25) is 0 Å². The zero-order valence-corrected chi connectivity index (χ0v) is 22.9. The van der Waals surface area contributed by atoms with E-state index in [0.29, 0.717) is 29.2 Å². The number of phenolic OH excluding ortho intramolecular Hbond substituents is 1. The molecule has 0 radical (unpaired) electrons. The van der Waals surface area contributed by atoms with Crippen molar-refractivity contribution in [1.82, 2.24) is 4.90 Å². The lowest BCUT2D eigenvalue weighted by atomic mass is 9.51. The van der Waals surface area contributed by atoms with Gasteiger partial charge in [-0.15, -0.1) is 0 Å². The van der Waals surface area contributed by atoms with Crippen LogP contribution >= 0.6 is 0 Å². The molecule has 2 aromatic rings. The average molecular weight is 545 g/mol. The Hall–Kier alpha value is -4.14. The molecule has 1 N–H and O–H groups in total. The van der Waals surface area contributed by atoms with Crippen LogP contribution in [0.3, 0.4) is 0 Å². The van der Waals surface area contributed by atoms with Crippen molar-refractivity contribution in [2.75, 3.05) is 25.7 Å². The molecule has 2 saturated heterocycles. The molecule has 6 atom stereocenters. The summed E-state index contributed by atoms with van der Waals surface area (Å²) in [4.78, 5) is 58.0. The van der Waals surface area contributed by atoms with Crippen molar-refractivity contribution in [1.29, 1.82) is 0 Å². The number of methoxy groups -OCH3 is 2. The Morgan fingerprint density at radius 1 is 0.950 bits per heavy atom. The van der Waals surface area contributed by atoms with E-state index in [2.05, 4.69) is 0 Å². The van der Waals surface area contributed by atoms with Crippen LogP contribution in [-0.4, -0.2) is 54.4 Å². The van der Waals surface area contributed by atoms with Crippen molar-refractivity contribution in [3.63, 3.8) is 0 Å². The second-order valence-electron chi connectivity index (χ2n) is 11.2. The number of allylic oxidation sites excluding steroid dienone is 2. The van der Waals surface area contributed by atoms with E-state index in [9.17, 15) is 24.3 Å². The molecule has 6 unspecified atom stereocenters. The molecule has 4 amide bonds. The Morgan fingerprint density at radius 3 is 2.20 bits per heavy atom. The first kappa shape index (κ1) is 26.1. The molecule has 40 heavy (non-hydrogen) atoms. The highest BCUT2D eigenvalue weighted by Crippen LogP contribution is 2.65. The number of carbonyl (C=O) groups is 4. The highest BCUT2D eigenvalue weighted by atomic mass is 16.5. The average Bonchev–Trinajstić information content (AvgIpc) is 3.32. The molecule has 2 aromatic carbocycles. The summed E-state index contributed by atoms with van der Waals surface area (Å²) in [7, 11) is 2.94. The molecule has 4 aliphatic rings. The van der Waals surface area contributed by atoms with Crippen molar-refractivity contribution >= 4 is 29.3 Å².